The van der Waals surface area contributed by atoms with Crippen molar-refractivity contribution in [2.75, 3.05) is 5.32 Å². The van der Waals surface area contributed by atoms with Crippen molar-refractivity contribution in [1.82, 2.24) is 9.97 Å². The Hall–Kier alpha value is -2.40. The summed E-state index contributed by atoms with van der Waals surface area (Å²) in [5, 5.41) is 7.16. The van der Waals surface area contributed by atoms with Gasteiger partial charge < -0.3 is 5.32 Å². The molecule has 2 heterocycles. The summed E-state index contributed by atoms with van der Waals surface area (Å²) in [6.45, 7) is 0. The summed E-state index contributed by atoms with van der Waals surface area (Å²) in [7, 11) is 0. The molecule has 0 aliphatic heterocycles. The maximum atomic E-state index is 6.27. The zero-order chi connectivity index (χ0) is 16.8. The molecule has 0 bridgehead atoms. The fraction of sp³-hybridized carbons (Fsp3) is 0. The first-order valence-electron chi connectivity index (χ1n) is 7.89. The van der Waals surface area contributed by atoms with E-state index >= 15 is 0 Å². The average Bonchev–Trinajstić information content (AvgIpc) is 3.06. The van der Waals surface area contributed by atoms with Crippen LogP contribution in [-0.2, 0) is 0 Å². The minimum Gasteiger partial charge on any atom is -0.330 e. The molecule has 0 aliphatic carbocycles. The van der Waals surface area contributed by atoms with Gasteiger partial charge in [-0.3, -0.25) is 0 Å². The molecule has 0 radical (unpaired) electrons. The quantitative estimate of drug-likeness (QED) is 0.332. The van der Waals surface area contributed by atoms with Gasteiger partial charge in [-0.15, -0.1) is 12.4 Å². The van der Waals surface area contributed by atoms with Crippen LogP contribution in [0.15, 0.2) is 66.7 Å². The molecule has 0 unspecified atom stereocenters. The van der Waals surface area contributed by atoms with E-state index in [4.69, 9.17) is 16.6 Å². The van der Waals surface area contributed by atoms with Crippen molar-refractivity contribution in [3.63, 3.8) is 0 Å². The maximum Gasteiger partial charge on any atom is 0.188 e. The van der Waals surface area contributed by atoms with Crippen molar-refractivity contribution in [1.29, 1.82) is 0 Å². The number of anilines is 2. The summed E-state index contributed by atoms with van der Waals surface area (Å²) >= 11 is 7.87. The van der Waals surface area contributed by atoms with E-state index in [2.05, 4.69) is 22.4 Å². The average molecular weight is 398 g/mol. The first kappa shape index (κ1) is 17.0. The molecule has 0 amide bonds. The second-order valence-corrected chi connectivity index (χ2v) is 7.19. The predicted molar refractivity (Wildman–Crippen MR) is 114 cm³/mol. The lowest BCUT2D eigenvalue weighted by Crippen LogP contribution is -1.94. The molecular weight excluding hydrogens is 385 g/mol. The molecule has 128 valence electrons. The number of para-hydroxylation sites is 3. The molecule has 3 nitrogen and oxygen atoms in total. The van der Waals surface area contributed by atoms with E-state index in [9.17, 15) is 0 Å². The van der Waals surface area contributed by atoms with E-state index in [1.807, 2.05) is 54.6 Å². The molecule has 0 spiro atoms. The van der Waals surface area contributed by atoms with Gasteiger partial charge in [-0.05, 0) is 24.3 Å². The van der Waals surface area contributed by atoms with Crippen molar-refractivity contribution in [2.45, 2.75) is 0 Å². The number of halogens is 2. The minimum absolute atomic E-state index is 0. The topological polar surface area (TPSA) is 37.8 Å². The van der Waals surface area contributed by atoms with Gasteiger partial charge in [-0.2, -0.15) is 0 Å². The summed E-state index contributed by atoms with van der Waals surface area (Å²) < 4.78 is 1.07. The molecule has 0 aliphatic rings. The minimum atomic E-state index is 0. The Morgan fingerprint density at radius 1 is 0.769 bits per heavy atom. The molecule has 5 rings (SSSR count). The van der Waals surface area contributed by atoms with E-state index in [1.54, 1.807) is 11.3 Å². The largest absolute Gasteiger partial charge is 0.330 e. The number of pyridine rings is 1. The van der Waals surface area contributed by atoms with Gasteiger partial charge in [0, 0.05) is 10.8 Å². The Kier molecular flexibility index (Phi) is 4.41. The normalized spacial score (nSPS) is 11.0. The number of fused-ring (bicyclic) bond motifs is 3. The summed E-state index contributed by atoms with van der Waals surface area (Å²) in [5.41, 5.74) is 3.78. The van der Waals surface area contributed by atoms with Crippen molar-refractivity contribution in [2.24, 2.45) is 0 Å². The highest BCUT2D eigenvalue weighted by Gasteiger charge is 2.12. The van der Waals surface area contributed by atoms with E-state index < -0.39 is 0 Å². The smallest absolute Gasteiger partial charge is 0.188 e. The SMILES string of the molecule is Cl.Clc1cccc2sc(Nc3c4ccccc4nc4ccccc34)nc12. The molecule has 0 fully saturated rings. The lowest BCUT2D eigenvalue weighted by atomic mass is 10.1. The number of thiazole rings is 1. The summed E-state index contributed by atoms with van der Waals surface area (Å²) in [6, 6.07) is 22.1. The van der Waals surface area contributed by atoms with Gasteiger partial charge in [-0.25, -0.2) is 9.97 Å². The first-order valence-corrected chi connectivity index (χ1v) is 9.08. The monoisotopic (exact) mass is 397 g/mol. The molecule has 0 saturated carbocycles. The maximum absolute atomic E-state index is 6.27. The molecule has 5 aromatic rings. The molecule has 0 atom stereocenters. The Morgan fingerprint density at radius 2 is 1.42 bits per heavy atom. The van der Waals surface area contributed by atoms with Gasteiger partial charge in [0.15, 0.2) is 5.13 Å². The summed E-state index contributed by atoms with van der Waals surface area (Å²) in [6.07, 6.45) is 0. The van der Waals surface area contributed by atoms with Crippen LogP contribution in [0, 0.1) is 0 Å². The molecular formula is C20H13Cl2N3S. The predicted octanol–water partition coefficient (Wildman–Crippen LogP) is 6.82. The van der Waals surface area contributed by atoms with Crippen LogP contribution in [0.3, 0.4) is 0 Å². The van der Waals surface area contributed by atoms with E-state index in [0.29, 0.717) is 5.02 Å². The fourth-order valence-corrected chi connectivity index (χ4v) is 4.22. The number of nitrogens with one attached hydrogen (secondary N) is 1. The highest BCUT2D eigenvalue weighted by Crippen LogP contribution is 2.36. The van der Waals surface area contributed by atoms with E-state index in [1.165, 1.54) is 0 Å². The number of hydrogen-bond acceptors (Lipinski definition) is 4. The number of rotatable bonds is 2. The van der Waals surface area contributed by atoms with Crippen LogP contribution in [0.25, 0.3) is 32.0 Å². The van der Waals surface area contributed by atoms with Crippen LogP contribution in [0.1, 0.15) is 0 Å². The second-order valence-electron chi connectivity index (χ2n) is 5.75. The van der Waals surface area contributed by atoms with Gasteiger partial charge in [-0.1, -0.05) is 65.4 Å². The number of aromatic nitrogens is 2. The lowest BCUT2D eigenvalue weighted by molar-refractivity contribution is 1.44. The van der Waals surface area contributed by atoms with Crippen LogP contribution >= 0.6 is 35.3 Å². The third kappa shape index (κ3) is 2.76. The second kappa shape index (κ2) is 6.72. The van der Waals surface area contributed by atoms with Gasteiger partial charge in [0.1, 0.15) is 5.52 Å². The van der Waals surface area contributed by atoms with Crippen LogP contribution in [-0.4, -0.2) is 9.97 Å². The van der Waals surface area contributed by atoms with Crippen LogP contribution in [0.4, 0.5) is 10.8 Å². The van der Waals surface area contributed by atoms with Crippen molar-refractivity contribution in [3.8, 4) is 0 Å². The Balaban J connectivity index is 0.00000168. The third-order valence-corrected chi connectivity index (χ3v) is 5.43. The van der Waals surface area contributed by atoms with Crippen LogP contribution in [0.5, 0.6) is 0 Å². The molecule has 0 saturated heterocycles. The highest BCUT2D eigenvalue weighted by molar-refractivity contribution is 7.22. The fourth-order valence-electron chi connectivity index (χ4n) is 3.05. The Morgan fingerprint density at radius 3 is 2.08 bits per heavy atom. The van der Waals surface area contributed by atoms with Gasteiger partial charge >= 0.3 is 0 Å². The van der Waals surface area contributed by atoms with Crippen molar-refractivity contribution >= 4 is 78.2 Å². The highest BCUT2D eigenvalue weighted by atomic mass is 35.5. The number of nitrogens with zero attached hydrogens (tertiary/aromatic N) is 2. The van der Waals surface area contributed by atoms with E-state index in [-0.39, 0.29) is 12.4 Å². The molecule has 26 heavy (non-hydrogen) atoms. The zero-order valence-electron chi connectivity index (χ0n) is 13.4. The Labute approximate surface area is 165 Å². The van der Waals surface area contributed by atoms with Crippen LogP contribution in [0.2, 0.25) is 5.02 Å². The summed E-state index contributed by atoms with van der Waals surface area (Å²) in [4.78, 5) is 9.43. The van der Waals surface area contributed by atoms with E-state index in [0.717, 1.165) is 42.8 Å². The van der Waals surface area contributed by atoms with Gasteiger partial charge in [0.05, 0.1) is 26.4 Å². The Bertz CT molecular complexity index is 1200. The van der Waals surface area contributed by atoms with Crippen molar-refractivity contribution in [3.05, 3.63) is 71.8 Å². The zero-order valence-corrected chi connectivity index (χ0v) is 15.8. The molecule has 2 aromatic heterocycles. The molecule has 1 N–H and O–H groups in total. The van der Waals surface area contributed by atoms with Gasteiger partial charge in [0.25, 0.3) is 0 Å². The first-order chi connectivity index (χ1) is 12.3. The van der Waals surface area contributed by atoms with Gasteiger partial charge in [0.2, 0.25) is 0 Å². The van der Waals surface area contributed by atoms with Crippen LogP contribution < -0.4 is 5.32 Å². The number of benzene rings is 3. The lowest BCUT2D eigenvalue weighted by Gasteiger charge is -2.11. The summed E-state index contributed by atoms with van der Waals surface area (Å²) in [5.74, 6) is 0. The third-order valence-electron chi connectivity index (χ3n) is 4.19. The number of hydrogen-bond donors (Lipinski definition) is 1. The molecule has 3 aromatic carbocycles. The van der Waals surface area contributed by atoms with Crippen molar-refractivity contribution < 1.29 is 0 Å². The molecule has 6 heteroatoms. The standard InChI is InChI=1S/C20H12ClN3S.ClH/c21-14-8-5-11-17-19(14)24-20(25-17)23-18-12-6-1-3-9-15(12)22-16-10-4-2-7-13(16)18;/h1-11H,(H,22,23,24);1H.